The molecule has 0 fully saturated rings. The van der Waals surface area contributed by atoms with Crippen molar-refractivity contribution in [2.75, 3.05) is 39.0 Å². The van der Waals surface area contributed by atoms with Gasteiger partial charge in [-0.05, 0) is 19.2 Å². The van der Waals surface area contributed by atoms with Crippen LogP contribution in [0.4, 0.5) is 5.69 Å². The lowest BCUT2D eigenvalue weighted by Crippen LogP contribution is -2.34. The topological polar surface area (TPSA) is 67.6 Å². The van der Waals surface area contributed by atoms with E-state index in [2.05, 4.69) is 24.1 Å². The summed E-state index contributed by atoms with van der Waals surface area (Å²) in [5.41, 5.74) is 6.48. The zero-order valence-electron chi connectivity index (χ0n) is 12.6. The number of benzene rings is 1. The zero-order chi connectivity index (χ0) is 15.1. The lowest BCUT2D eigenvalue weighted by molar-refractivity contribution is 0.0946. The summed E-state index contributed by atoms with van der Waals surface area (Å²) >= 11 is 5.95. The molecule has 0 unspecified atom stereocenters. The maximum absolute atomic E-state index is 12.1. The number of nitrogen functional groups attached to an aromatic ring is 1. The first-order valence-electron chi connectivity index (χ1n) is 6.67. The maximum Gasteiger partial charge on any atom is 0.255 e. The molecule has 1 amide bonds. The van der Waals surface area contributed by atoms with Gasteiger partial charge < -0.3 is 20.7 Å². The van der Waals surface area contributed by atoms with Gasteiger partial charge in [-0.2, -0.15) is 0 Å². The summed E-state index contributed by atoms with van der Waals surface area (Å²) in [6.45, 7) is 7.49. The molecular weight excluding hydrogens is 358 g/mol. The van der Waals surface area contributed by atoms with Crippen molar-refractivity contribution in [1.82, 2.24) is 10.2 Å². The average molecular weight is 381 g/mol. The van der Waals surface area contributed by atoms with Gasteiger partial charge in [0.1, 0.15) is 5.75 Å². The summed E-state index contributed by atoms with van der Waals surface area (Å²) < 4.78 is 5.16. The molecule has 0 aliphatic carbocycles. The number of methoxy groups -OCH3 is 1. The number of nitrogens with zero attached hydrogens (tertiary/aromatic N) is 1. The predicted octanol–water partition coefficient (Wildman–Crippen LogP) is 2.58. The molecule has 3 N–H and O–H groups in total. The number of hydrogen-bond donors (Lipinski definition) is 2. The highest BCUT2D eigenvalue weighted by atomic mass is 79.9. The van der Waals surface area contributed by atoms with Crippen LogP contribution in [0.25, 0.3) is 0 Å². The Bertz CT molecular complexity index is 468. The van der Waals surface area contributed by atoms with Crippen LogP contribution in [-0.2, 0) is 0 Å². The number of hydrogen-bond acceptors (Lipinski definition) is 4. The number of carbonyl (C=O) groups excluding carboxylic acids is 1. The summed E-state index contributed by atoms with van der Waals surface area (Å²) in [6, 6.07) is 3.09. The summed E-state index contributed by atoms with van der Waals surface area (Å²) in [6.07, 6.45) is 0. The molecule has 0 saturated carbocycles. The Morgan fingerprint density at radius 3 is 2.52 bits per heavy atom. The van der Waals surface area contributed by atoms with Crippen molar-refractivity contribution < 1.29 is 9.53 Å². The van der Waals surface area contributed by atoms with Crippen molar-refractivity contribution in [1.29, 1.82) is 0 Å². The fraction of sp³-hybridized carbons (Fsp3) is 0.500. The van der Waals surface area contributed by atoms with Gasteiger partial charge in [0.25, 0.3) is 5.91 Å². The number of ether oxygens (including phenoxy) is 1. The summed E-state index contributed by atoms with van der Waals surface area (Å²) in [5.74, 6) is 0.211. The van der Waals surface area contributed by atoms with E-state index >= 15 is 0 Å². The van der Waals surface area contributed by atoms with E-state index in [4.69, 9.17) is 22.1 Å². The normalized spacial score (nSPS) is 10.1. The van der Waals surface area contributed by atoms with Gasteiger partial charge in [-0.15, -0.1) is 17.0 Å². The van der Waals surface area contributed by atoms with Crippen LogP contribution in [-0.4, -0.2) is 44.1 Å². The number of anilines is 1. The predicted molar refractivity (Wildman–Crippen MR) is 92.9 cm³/mol. The molecule has 0 atom stereocenters. The van der Waals surface area contributed by atoms with Crippen molar-refractivity contribution in [2.45, 2.75) is 13.8 Å². The highest BCUT2D eigenvalue weighted by Crippen LogP contribution is 2.28. The van der Waals surface area contributed by atoms with Crippen LogP contribution in [0.3, 0.4) is 0 Å². The Morgan fingerprint density at radius 2 is 2.00 bits per heavy atom. The van der Waals surface area contributed by atoms with E-state index < -0.39 is 0 Å². The smallest absolute Gasteiger partial charge is 0.255 e. The number of amides is 1. The molecule has 0 aliphatic heterocycles. The van der Waals surface area contributed by atoms with Gasteiger partial charge in [-0.25, -0.2) is 0 Å². The minimum Gasteiger partial charge on any atom is -0.496 e. The van der Waals surface area contributed by atoms with E-state index in [1.165, 1.54) is 13.2 Å². The van der Waals surface area contributed by atoms with E-state index in [-0.39, 0.29) is 22.9 Å². The van der Waals surface area contributed by atoms with Gasteiger partial charge in [0.05, 0.1) is 23.4 Å². The Morgan fingerprint density at radius 1 is 1.38 bits per heavy atom. The minimum absolute atomic E-state index is 0. The van der Waals surface area contributed by atoms with Gasteiger partial charge in [0, 0.05) is 19.2 Å². The van der Waals surface area contributed by atoms with Crippen molar-refractivity contribution in [3.63, 3.8) is 0 Å². The van der Waals surface area contributed by atoms with Crippen LogP contribution in [0.5, 0.6) is 5.75 Å². The van der Waals surface area contributed by atoms with Gasteiger partial charge >= 0.3 is 0 Å². The second kappa shape index (κ2) is 9.87. The molecule has 21 heavy (non-hydrogen) atoms. The second-order valence-corrected chi connectivity index (χ2v) is 4.76. The van der Waals surface area contributed by atoms with E-state index in [1.54, 1.807) is 6.07 Å². The van der Waals surface area contributed by atoms with Crippen molar-refractivity contribution in [3.8, 4) is 5.75 Å². The lowest BCUT2D eigenvalue weighted by Gasteiger charge is -2.18. The largest absolute Gasteiger partial charge is 0.496 e. The molecule has 0 aliphatic rings. The molecule has 1 aromatic rings. The molecule has 0 radical (unpaired) electrons. The first-order valence-corrected chi connectivity index (χ1v) is 7.04. The maximum atomic E-state index is 12.1. The van der Waals surface area contributed by atoms with Gasteiger partial charge in [-0.1, -0.05) is 25.4 Å². The number of nitrogens with one attached hydrogen (secondary N) is 1. The Hall–Kier alpha value is -0.980. The van der Waals surface area contributed by atoms with Crippen LogP contribution in [0, 0.1) is 0 Å². The van der Waals surface area contributed by atoms with Crippen molar-refractivity contribution in [3.05, 3.63) is 22.7 Å². The van der Waals surface area contributed by atoms with Gasteiger partial charge in [0.15, 0.2) is 0 Å². The Labute approximate surface area is 141 Å². The van der Waals surface area contributed by atoms with Crippen LogP contribution in [0.15, 0.2) is 12.1 Å². The van der Waals surface area contributed by atoms with Crippen molar-refractivity contribution >= 4 is 40.2 Å². The molecule has 0 spiro atoms. The SMILES string of the molecule is Br.CCN(CC)CCNC(=O)c1cc(Cl)c(N)cc1OC. The summed E-state index contributed by atoms with van der Waals surface area (Å²) in [7, 11) is 1.50. The molecule has 0 saturated heterocycles. The van der Waals surface area contributed by atoms with Crippen LogP contribution >= 0.6 is 28.6 Å². The van der Waals surface area contributed by atoms with E-state index in [0.717, 1.165) is 19.6 Å². The third-order valence-electron chi connectivity index (χ3n) is 3.17. The molecule has 0 aromatic heterocycles. The molecule has 0 heterocycles. The number of halogens is 2. The molecule has 1 rings (SSSR count). The number of carbonyl (C=O) groups is 1. The van der Waals surface area contributed by atoms with E-state index in [9.17, 15) is 4.79 Å². The minimum atomic E-state index is -0.212. The van der Waals surface area contributed by atoms with Crippen LogP contribution in [0.1, 0.15) is 24.2 Å². The number of rotatable bonds is 7. The third kappa shape index (κ3) is 5.73. The fourth-order valence-electron chi connectivity index (χ4n) is 1.88. The molecule has 0 bridgehead atoms. The van der Waals surface area contributed by atoms with Gasteiger partial charge in [-0.3, -0.25) is 4.79 Å². The first-order chi connectivity index (χ1) is 9.53. The number of nitrogens with two attached hydrogens (primary N) is 1. The highest BCUT2D eigenvalue weighted by molar-refractivity contribution is 8.93. The first kappa shape index (κ1) is 20.0. The second-order valence-electron chi connectivity index (χ2n) is 4.36. The van der Waals surface area contributed by atoms with Crippen LogP contribution < -0.4 is 15.8 Å². The Balaban J connectivity index is 0.00000400. The molecule has 7 heteroatoms. The summed E-state index contributed by atoms with van der Waals surface area (Å²) in [5, 5.41) is 3.21. The quantitative estimate of drug-likeness (QED) is 0.714. The third-order valence-corrected chi connectivity index (χ3v) is 3.50. The molecule has 1 aromatic carbocycles. The van der Waals surface area contributed by atoms with E-state index in [1.807, 2.05) is 0 Å². The molecular formula is C14H23BrClN3O2. The van der Waals surface area contributed by atoms with E-state index in [0.29, 0.717) is 28.6 Å². The highest BCUT2D eigenvalue weighted by Gasteiger charge is 2.14. The molecule has 120 valence electrons. The van der Waals surface area contributed by atoms with Crippen molar-refractivity contribution in [2.24, 2.45) is 0 Å². The standard InChI is InChI=1S/C14H22ClN3O2.BrH/c1-4-18(5-2)7-6-17-14(19)10-8-11(15)12(16)9-13(10)20-3;/h8-9H,4-7,16H2,1-3H3,(H,17,19);1H. The summed E-state index contributed by atoms with van der Waals surface area (Å²) in [4.78, 5) is 14.4. The monoisotopic (exact) mass is 379 g/mol. The molecule has 5 nitrogen and oxygen atoms in total. The fourth-order valence-corrected chi connectivity index (χ4v) is 2.04. The Kier molecular flexibility index (Phi) is 9.41. The van der Waals surface area contributed by atoms with Crippen LogP contribution in [0.2, 0.25) is 5.02 Å². The lowest BCUT2D eigenvalue weighted by atomic mass is 10.1. The van der Waals surface area contributed by atoms with Gasteiger partial charge in [0.2, 0.25) is 0 Å². The zero-order valence-corrected chi connectivity index (χ0v) is 15.1. The number of likely N-dealkylation sites (N-methyl/N-ethyl adjacent to an activating group) is 1. The average Bonchev–Trinajstić information content (AvgIpc) is 2.45.